The summed E-state index contributed by atoms with van der Waals surface area (Å²) in [5, 5.41) is 6.35. The van der Waals surface area contributed by atoms with Gasteiger partial charge < -0.3 is 14.8 Å². The topological polar surface area (TPSA) is 89.0 Å². The van der Waals surface area contributed by atoms with Gasteiger partial charge in [-0.1, -0.05) is 12.1 Å². The molecule has 2 aromatic carbocycles. The number of hydrogen-bond acceptors (Lipinski definition) is 5. The van der Waals surface area contributed by atoms with Gasteiger partial charge in [-0.25, -0.2) is 5.43 Å². The van der Waals surface area contributed by atoms with E-state index in [1.54, 1.807) is 30.3 Å². The molecule has 0 bridgehead atoms. The lowest BCUT2D eigenvalue weighted by Crippen LogP contribution is -2.32. The van der Waals surface area contributed by atoms with Crippen LogP contribution in [0.4, 0.5) is 5.69 Å². The van der Waals surface area contributed by atoms with Gasteiger partial charge in [-0.15, -0.1) is 0 Å². The highest BCUT2D eigenvalue weighted by molar-refractivity contribution is 6.39. The van der Waals surface area contributed by atoms with Gasteiger partial charge in [0.1, 0.15) is 0 Å². The number of carbonyl (C=O) groups excluding carboxylic acids is 2. The van der Waals surface area contributed by atoms with Crippen LogP contribution in [0.2, 0.25) is 0 Å². The first-order valence-electron chi connectivity index (χ1n) is 7.88. The number of nitrogens with one attached hydrogen (secondary N) is 2. The summed E-state index contributed by atoms with van der Waals surface area (Å²) in [6.07, 6.45) is 1.38. The van der Waals surface area contributed by atoms with Crippen LogP contribution in [0.3, 0.4) is 0 Å². The summed E-state index contributed by atoms with van der Waals surface area (Å²) < 4.78 is 10.5. The van der Waals surface area contributed by atoms with Crippen molar-refractivity contribution in [2.45, 2.75) is 13.8 Å². The summed E-state index contributed by atoms with van der Waals surface area (Å²) in [4.78, 5) is 23.9. The van der Waals surface area contributed by atoms with Crippen molar-refractivity contribution in [1.29, 1.82) is 0 Å². The Morgan fingerprint density at radius 2 is 1.69 bits per heavy atom. The minimum absolute atomic E-state index is 0.479. The van der Waals surface area contributed by atoms with Gasteiger partial charge in [0.25, 0.3) is 0 Å². The fraction of sp³-hybridized carbons (Fsp3) is 0.211. The summed E-state index contributed by atoms with van der Waals surface area (Å²) in [5.74, 6) is -0.657. The van der Waals surface area contributed by atoms with E-state index in [1.165, 1.54) is 20.4 Å². The normalized spacial score (nSPS) is 10.5. The molecule has 136 valence electrons. The highest BCUT2D eigenvalue weighted by Crippen LogP contribution is 2.29. The maximum atomic E-state index is 12.0. The van der Waals surface area contributed by atoms with E-state index in [-0.39, 0.29) is 0 Å². The second-order valence-corrected chi connectivity index (χ2v) is 5.61. The van der Waals surface area contributed by atoms with Crippen LogP contribution in [-0.4, -0.2) is 32.2 Å². The van der Waals surface area contributed by atoms with Crippen LogP contribution >= 0.6 is 0 Å². The summed E-state index contributed by atoms with van der Waals surface area (Å²) >= 11 is 0. The zero-order chi connectivity index (χ0) is 19.1. The standard InChI is InChI=1S/C19H21N3O4/c1-12-8-13(2)10-15(9-12)21-18(23)19(24)22-20-11-14-6-5-7-16(25-3)17(14)26-4/h5-11H,1-4H3,(H,21,23)(H,22,24)/b20-11+. The van der Waals surface area contributed by atoms with E-state index >= 15 is 0 Å². The number of methoxy groups -OCH3 is 2. The number of benzene rings is 2. The maximum Gasteiger partial charge on any atom is 0.329 e. The van der Waals surface area contributed by atoms with Gasteiger partial charge in [0.15, 0.2) is 11.5 Å². The van der Waals surface area contributed by atoms with Gasteiger partial charge in [0, 0.05) is 11.3 Å². The molecule has 0 aliphatic rings. The number of hydrogen-bond donors (Lipinski definition) is 2. The average Bonchev–Trinajstić information content (AvgIpc) is 2.60. The predicted molar refractivity (Wildman–Crippen MR) is 99.8 cm³/mol. The highest BCUT2D eigenvalue weighted by atomic mass is 16.5. The van der Waals surface area contributed by atoms with Crippen LogP contribution in [0.1, 0.15) is 16.7 Å². The van der Waals surface area contributed by atoms with E-state index in [2.05, 4.69) is 15.8 Å². The minimum Gasteiger partial charge on any atom is -0.493 e. The van der Waals surface area contributed by atoms with E-state index in [4.69, 9.17) is 9.47 Å². The van der Waals surface area contributed by atoms with Crippen LogP contribution in [0, 0.1) is 13.8 Å². The Labute approximate surface area is 152 Å². The Balaban J connectivity index is 2.02. The Hall–Kier alpha value is -3.35. The first kappa shape index (κ1) is 19.0. The monoisotopic (exact) mass is 355 g/mol. The van der Waals surface area contributed by atoms with Crippen molar-refractivity contribution < 1.29 is 19.1 Å². The van der Waals surface area contributed by atoms with Crippen molar-refractivity contribution in [3.8, 4) is 11.5 Å². The van der Waals surface area contributed by atoms with Gasteiger partial charge in [0.2, 0.25) is 0 Å². The van der Waals surface area contributed by atoms with Crippen LogP contribution in [-0.2, 0) is 9.59 Å². The predicted octanol–water partition coefficient (Wildman–Crippen LogP) is 2.41. The zero-order valence-corrected chi connectivity index (χ0v) is 15.1. The molecule has 0 aliphatic heterocycles. The Morgan fingerprint density at radius 3 is 2.31 bits per heavy atom. The average molecular weight is 355 g/mol. The first-order chi connectivity index (χ1) is 12.4. The summed E-state index contributed by atoms with van der Waals surface area (Å²) in [7, 11) is 3.03. The molecule has 2 aromatic rings. The third kappa shape index (κ3) is 4.83. The number of ether oxygens (including phenoxy) is 2. The number of nitrogens with zero attached hydrogens (tertiary/aromatic N) is 1. The number of hydrazone groups is 1. The molecule has 7 nitrogen and oxygen atoms in total. The van der Waals surface area contributed by atoms with Gasteiger partial charge in [-0.3, -0.25) is 9.59 Å². The van der Waals surface area contributed by atoms with Gasteiger partial charge >= 0.3 is 11.8 Å². The van der Waals surface area contributed by atoms with Crippen molar-refractivity contribution in [1.82, 2.24) is 5.43 Å². The van der Waals surface area contributed by atoms with Gasteiger partial charge in [-0.2, -0.15) is 5.10 Å². The Morgan fingerprint density at radius 1 is 1.00 bits per heavy atom. The lowest BCUT2D eigenvalue weighted by Gasteiger charge is -2.09. The van der Waals surface area contributed by atoms with E-state index in [0.717, 1.165) is 11.1 Å². The van der Waals surface area contributed by atoms with E-state index < -0.39 is 11.8 Å². The SMILES string of the molecule is COc1cccc(/C=N/NC(=O)C(=O)Nc2cc(C)cc(C)c2)c1OC. The maximum absolute atomic E-state index is 12.0. The van der Waals surface area contributed by atoms with E-state index in [9.17, 15) is 9.59 Å². The molecular weight excluding hydrogens is 334 g/mol. The highest BCUT2D eigenvalue weighted by Gasteiger charge is 2.13. The summed E-state index contributed by atoms with van der Waals surface area (Å²) in [6, 6.07) is 10.8. The number of amides is 2. The zero-order valence-electron chi connectivity index (χ0n) is 15.1. The minimum atomic E-state index is -0.873. The molecule has 0 radical (unpaired) electrons. The van der Waals surface area contributed by atoms with Gasteiger partial charge in [0.05, 0.1) is 20.4 Å². The fourth-order valence-electron chi connectivity index (χ4n) is 2.46. The summed E-state index contributed by atoms with van der Waals surface area (Å²) in [5.41, 5.74) is 5.33. The number of carbonyl (C=O) groups is 2. The third-order valence-corrected chi connectivity index (χ3v) is 3.49. The molecule has 0 spiro atoms. The van der Waals surface area contributed by atoms with Crippen LogP contribution < -0.4 is 20.2 Å². The van der Waals surface area contributed by atoms with Gasteiger partial charge in [-0.05, 0) is 49.2 Å². The molecule has 0 unspecified atom stereocenters. The molecule has 26 heavy (non-hydrogen) atoms. The molecule has 2 rings (SSSR count). The number of anilines is 1. The lowest BCUT2D eigenvalue weighted by molar-refractivity contribution is -0.136. The molecule has 0 saturated heterocycles. The smallest absolute Gasteiger partial charge is 0.329 e. The molecule has 7 heteroatoms. The molecule has 2 N–H and O–H groups in total. The third-order valence-electron chi connectivity index (χ3n) is 3.49. The van der Waals surface area contributed by atoms with Crippen molar-refractivity contribution in [2.24, 2.45) is 5.10 Å². The van der Waals surface area contributed by atoms with E-state index in [0.29, 0.717) is 22.7 Å². The van der Waals surface area contributed by atoms with Crippen molar-refractivity contribution >= 4 is 23.7 Å². The lowest BCUT2D eigenvalue weighted by atomic mass is 10.1. The van der Waals surface area contributed by atoms with Crippen LogP contribution in [0.5, 0.6) is 11.5 Å². The fourth-order valence-corrected chi connectivity index (χ4v) is 2.46. The number of aryl methyl sites for hydroxylation is 2. The Kier molecular flexibility index (Phi) is 6.32. The first-order valence-corrected chi connectivity index (χ1v) is 7.88. The number of rotatable bonds is 5. The largest absolute Gasteiger partial charge is 0.493 e. The quantitative estimate of drug-likeness (QED) is 0.490. The van der Waals surface area contributed by atoms with Crippen LogP contribution in [0.25, 0.3) is 0 Å². The number of para-hydroxylation sites is 1. The molecule has 0 aliphatic carbocycles. The molecule has 0 fully saturated rings. The second kappa shape index (κ2) is 8.66. The van der Waals surface area contributed by atoms with Crippen molar-refractivity contribution in [3.05, 3.63) is 53.1 Å². The summed E-state index contributed by atoms with van der Waals surface area (Å²) in [6.45, 7) is 3.82. The molecule has 0 aromatic heterocycles. The second-order valence-electron chi connectivity index (χ2n) is 5.61. The van der Waals surface area contributed by atoms with Crippen LogP contribution in [0.15, 0.2) is 41.5 Å². The molecule has 0 heterocycles. The molecule has 2 amide bonds. The Bertz CT molecular complexity index is 826. The molecule has 0 atom stereocenters. The van der Waals surface area contributed by atoms with Crippen molar-refractivity contribution in [2.75, 3.05) is 19.5 Å². The van der Waals surface area contributed by atoms with E-state index in [1.807, 2.05) is 19.9 Å². The molecule has 0 saturated carbocycles. The molecular formula is C19H21N3O4. The van der Waals surface area contributed by atoms with Crippen molar-refractivity contribution in [3.63, 3.8) is 0 Å².